The number of quaternary nitrogens is 1. The van der Waals surface area contributed by atoms with Gasteiger partial charge in [0.2, 0.25) is 0 Å². The summed E-state index contributed by atoms with van der Waals surface area (Å²) in [6.45, 7) is 8.20. The third-order valence-corrected chi connectivity index (χ3v) is 4.20. The summed E-state index contributed by atoms with van der Waals surface area (Å²) in [5, 5.41) is 0. The van der Waals surface area contributed by atoms with Crippen molar-refractivity contribution in [1.29, 1.82) is 0 Å². The van der Waals surface area contributed by atoms with Crippen molar-refractivity contribution in [2.45, 2.75) is 33.1 Å². The highest BCUT2D eigenvalue weighted by Crippen LogP contribution is 2.34. The molecule has 1 rings (SSSR count). The van der Waals surface area contributed by atoms with Gasteiger partial charge >= 0.3 is 0 Å². The van der Waals surface area contributed by atoms with Crippen LogP contribution in [0.2, 0.25) is 0 Å². The Morgan fingerprint density at radius 2 is 1.75 bits per heavy atom. The predicted molar refractivity (Wildman–Crippen MR) is 66.6 cm³/mol. The molecule has 0 amide bonds. The number of hydrogen-bond donors (Lipinski definition) is 1. The Hall–Kier alpha value is 0.210. The van der Waals surface area contributed by atoms with E-state index in [1.54, 1.807) is 0 Å². The molecule has 2 nitrogen and oxygen atoms in total. The van der Waals surface area contributed by atoms with Gasteiger partial charge in [0.1, 0.15) is 0 Å². The normalized spacial score (nSPS) is 29.8. The fourth-order valence-corrected chi connectivity index (χ4v) is 3.23. The van der Waals surface area contributed by atoms with Crippen molar-refractivity contribution in [2.75, 3.05) is 33.7 Å². The maximum absolute atomic E-state index is 5.81. The van der Waals surface area contributed by atoms with Crippen molar-refractivity contribution in [3.8, 4) is 0 Å². The third kappa shape index (κ3) is 4.23. The smallest absolute Gasteiger partial charge is 0.0816 e. The first-order valence-corrected chi connectivity index (χ1v) is 6.54. The Bertz CT molecular complexity index is 190. The second-order valence-corrected chi connectivity index (χ2v) is 5.97. The molecule has 0 bridgehead atoms. The Balaban J connectivity index is 0.00000225. The van der Waals surface area contributed by atoms with Crippen molar-refractivity contribution < 1.29 is 16.9 Å². The summed E-state index contributed by atoms with van der Waals surface area (Å²) in [6, 6.07) is 0. The van der Waals surface area contributed by atoms with Crippen molar-refractivity contribution in [3.63, 3.8) is 0 Å². The molecule has 0 saturated carbocycles. The van der Waals surface area contributed by atoms with E-state index >= 15 is 0 Å². The zero-order chi connectivity index (χ0) is 11.5. The van der Waals surface area contributed by atoms with E-state index in [-0.39, 0.29) is 12.4 Å². The summed E-state index contributed by atoms with van der Waals surface area (Å²) in [4.78, 5) is 0. The first kappa shape index (κ1) is 16.2. The van der Waals surface area contributed by atoms with Gasteiger partial charge < -0.3 is 22.6 Å². The van der Waals surface area contributed by atoms with Crippen molar-refractivity contribution in [1.82, 2.24) is 0 Å². The van der Waals surface area contributed by atoms with Gasteiger partial charge in [-0.1, -0.05) is 20.3 Å². The van der Waals surface area contributed by atoms with Crippen LogP contribution in [0.3, 0.4) is 0 Å². The van der Waals surface area contributed by atoms with Crippen LogP contribution in [0.15, 0.2) is 0 Å². The summed E-state index contributed by atoms with van der Waals surface area (Å²) in [7, 11) is 4.73. The topological polar surface area (TPSA) is 26.0 Å². The highest BCUT2D eigenvalue weighted by molar-refractivity contribution is 4.77. The maximum atomic E-state index is 5.81. The first-order valence-electron chi connectivity index (χ1n) is 6.54. The number of halogens is 1. The molecule has 3 atom stereocenters. The Labute approximate surface area is 108 Å². The highest BCUT2D eigenvalue weighted by atomic mass is 35.5. The second-order valence-electron chi connectivity index (χ2n) is 5.97. The number of likely N-dealkylation sites (tertiary alicyclic amines) is 1. The van der Waals surface area contributed by atoms with Gasteiger partial charge in [0.15, 0.2) is 0 Å². The molecule has 0 aromatic rings. The fraction of sp³-hybridized carbons (Fsp3) is 1.00. The molecule has 3 heteroatoms. The number of nitrogens with two attached hydrogens (primary N) is 1. The Kier molecular flexibility index (Phi) is 6.92. The maximum Gasteiger partial charge on any atom is 0.0816 e. The van der Waals surface area contributed by atoms with Gasteiger partial charge in [-0.05, 0) is 25.3 Å². The lowest BCUT2D eigenvalue weighted by molar-refractivity contribution is -0.880. The fourth-order valence-electron chi connectivity index (χ4n) is 3.23. The van der Waals surface area contributed by atoms with Gasteiger partial charge in [-0.25, -0.2) is 0 Å². The quantitative estimate of drug-likeness (QED) is 0.627. The van der Waals surface area contributed by atoms with E-state index in [1.165, 1.54) is 36.8 Å². The monoisotopic (exact) mass is 248 g/mol. The molecule has 1 aliphatic heterocycles. The molecular formula is C13H29ClN2. The minimum absolute atomic E-state index is 0. The molecule has 0 aromatic carbocycles. The van der Waals surface area contributed by atoms with Gasteiger partial charge in [0, 0.05) is 11.8 Å². The van der Waals surface area contributed by atoms with Crippen molar-refractivity contribution in [2.24, 2.45) is 23.5 Å². The van der Waals surface area contributed by atoms with Crippen LogP contribution in [0.25, 0.3) is 0 Å². The highest BCUT2D eigenvalue weighted by Gasteiger charge is 2.39. The van der Waals surface area contributed by atoms with E-state index in [9.17, 15) is 0 Å². The largest absolute Gasteiger partial charge is 1.00 e. The summed E-state index contributed by atoms with van der Waals surface area (Å²) in [5.41, 5.74) is 5.81. The Morgan fingerprint density at radius 3 is 2.19 bits per heavy atom. The lowest BCUT2D eigenvalue weighted by atomic mass is 9.84. The molecule has 1 saturated heterocycles. The van der Waals surface area contributed by atoms with Crippen LogP contribution in [-0.2, 0) is 0 Å². The number of rotatable bonds is 5. The average Bonchev–Trinajstić information content (AvgIpc) is 2.49. The zero-order valence-corrected chi connectivity index (χ0v) is 12.1. The number of nitrogens with zero attached hydrogens (tertiary/aromatic N) is 1. The standard InChI is InChI=1S/C13H29N2.ClH/c1-5-11(8-14)7-13-10-15(3,4)9-12(13)6-2;/h11-13H,5-10,14H2,1-4H3;1H/q+1;/p-1. The van der Waals surface area contributed by atoms with Crippen LogP contribution < -0.4 is 18.1 Å². The van der Waals surface area contributed by atoms with Crippen molar-refractivity contribution in [3.05, 3.63) is 0 Å². The van der Waals surface area contributed by atoms with E-state index in [0.29, 0.717) is 0 Å². The lowest BCUT2D eigenvalue weighted by Gasteiger charge is -2.24. The molecule has 3 unspecified atom stereocenters. The van der Waals surface area contributed by atoms with E-state index in [0.717, 1.165) is 24.3 Å². The second kappa shape index (κ2) is 6.83. The minimum Gasteiger partial charge on any atom is -1.00 e. The summed E-state index contributed by atoms with van der Waals surface area (Å²) >= 11 is 0. The molecule has 2 N–H and O–H groups in total. The van der Waals surface area contributed by atoms with Gasteiger partial charge in [0.05, 0.1) is 27.2 Å². The van der Waals surface area contributed by atoms with E-state index in [1.807, 2.05) is 0 Å². The van der Waals surface area contributed by atoms with Crippen LogP contribution in [0, 0.1) is 17.8 Å². The van der Waals surface area contributed by atoms with Crippen molar-refractivity contribution >= 4 is 0 Å². The zero-order valence-electron chi connectivity index (χ0n) is 11.4. The molecule has 98 valence electrons. The molecule has 0 radical (unpaired) electrons. The molecule has 16 heavy (non-hydrogen) atoms. The van der Waals surface area contributed by atoms with E-state index < -0.39 is 0 Å². The lowest BCUT2D eigenvalue weighted by Crippen LogP contribution is -3.00. The van der Waals surface area contributed by atoms with Crippen LogP contribution in [-0.4, -0.2) is 38.2 Å². The summed E-state index contributed by atoms with van der Waals surface area (Å²) < 4.78 is 1.21. The molecule has 0 spiro atoms. The van der Waals surface area contributed by atoms with Gasteiger partial charge in [-0.3, -0.25) is 0 Å². The Morgan fingerprint density at radius 1 is 1.19 bits per heavy atom. The molecular weight excluding hydrogens is 220 g/mol. The van der Waals surface area contributed by atoms with Gasteiger partial charge in [-0.2, -0.15) is 0 Å². The average molecular weight is 249 g/mol. The summed E-state index contributed by atoms with van der Waals surface area (Å²) in [5.74, 6) is 2.60. The van der Waals surface area contributed by atoms with E-state index in [2.05, 4.69) is 27.9 Å². The van der Waals surface area contributed by atoms with Gasteiger partial charge in [0.25, 0.3) is 0 Å². The summed E-state index contributed by atoms with van der Waals surface area (Å²) in [6.07, 6.45) is 3.94. The molecule has 0 aromatic heterocycles. The van der Waals surface area contributed by atoms with Crippen LogP contribution in [0.5, 0.6) is 0 Å². The van der Waals surface area contributed by atoms with Crippen LogP contribution in [0.1, 0.15) is 33.1 Å². The van der Waals surface area contributed by atoms with E-state index in [4.69, 9.17) is 5.73 Å². The SMILES string of the molecule is CCC(CN)CC1C[N+](C)(C)CC1CC.[Cl-]. The molecule has 1 aliphatic rings. The van der Waals surface area contributed by atoms with Gasteiger partial charge in [-0.15, -0.1) is 0 Å². The van der Waals surface area contributed by atoms with Crippen LogP contribution >= 0.6 is 0 Å². The third-order valence-electron chi connectivity index (χ3n) is 4.20. The molecule has 0 aliphatic carbocycles. The minimum atomic E-state index is 0. The first-order chi connectivity index (χ1) is 7.02. The number of hydrogen-bond acceptors (Lipinski definition) is 1. The van der Waals surface area contributed by atoms with Crippen LogP contribution in [0.4, 0.5) is 0 Å². The molecule has 1 fully saturated rings. The molecule has 1 heterocycles. The predicted octanol–water partition coefficient (Wildman–Crippen LogP) is -0.902.